The minimum absolute atomic E-state index is 0.0123. The van der Waals surface area contributed by atoms with Crippen molar-refractivity contribution in [3.63, 3.8) is 0 Å². The molecule has 1 aromatic carbocycles. The summed E-state index contributed by atoms with van der Waals surface area (Å²) in [5.74, 6) is -0.761. The van der Waals surface area contributed by atoms with Crippen molar-refractivity contribution < 1.29 is 23.5 Å². The lowest BCUT2D eigenvalue weighted by Crippen LogP contribution is -2.30. The molecule has 2 aromatic heterocycles. The van der Waals surface area contributed by atoms with Crippen molar-refractivity contribution in [2.75, 3.05) is 7.11 Å². The van der Waals surface area contributed by atoms with Gasteiger partial charge in [-0.15, -0.1) is 0 Å². The van der Waals surface area contributed by atoms with Crippen molar-refractivity contribution in [3.8, 4) is 0 Å². The van der Waals surface area contributed by atoms with E-state index in [2.05, 4.69) is 21.5 Å². The Morgan fingerprint density at radius 1 is 1.20 bits per heavy atom. The van der Waals surface area contributed by atoms with Crippen molar-refractivity contribution in [1.82, 2.24) is 14.8 Å². The number of carbonyl (C=O) groups excluding carboxylic acids is 3. The lowest BCUT2D eigenvalue weighted by molar-refractivity contribution is -0.123. The summed E-state index contributed by atoms with van der Waals surface area (Å²) < 4.78 is 12.1. The number of esters is 1. The smallest absolute Gasteiger partial charge is 0.373 e. The molecule has 0 saturated carbocycles. The average molecular weight is 407 g/mol. The number of amides is 3. The number of fused-ring (bicyclic) bond motifs is 1. The van der Waals surface area contributed by atoms with Crippen molar-refractivity contribution >= 4 is 34.9 Å². The van der Waals surface area contributed by atoms with Gasteiger partial charge in [0, 0.05) is 28.7 Å². The molecule has 1 fully saturated rings. The Morgan fingerprint density at radius 3 is 2.70 bits per heavy atom. The zero-order chi connectivity index (χ0) is 21.4. The van der Waals surface area contributed by atoms with Crippen LogP contribution in [0.25, 0.3) is 17.0 Å². The van der Waals surface area contributed by atoms with Crippen LogP contribution in [0.4, 0.5) is 4.79 Å². The van der Waals surface area contributed by atoms with Crippen LogP contribution in [0.2, 0.25) is 0 Å². The molecule has 1 N–H and O–H groups in total. The first kappa shape index (κ1) is 19.5. The number of rotatable bonds is 5. The molecule has 1 saturated heterocycles. The molecular formula is C22H21N3O5. The second-order valence-corrected chi connectivity index (χ2v) is 6.90. The zero-order valence-corrected chi connectivity index (χ0v) is 16.9. The minimum Gasteiger partial charge on any atom is -0.463 e. The lowest BCUT2D eigenvalue weighted by atomic mass is 10.1. The number of nitrogens with zero attached hydrogens (tertiary/aromatic N) is 2. The Kier molecular flexibility index (Phi) is 4.91. The highest BCUT2D eigenvalue weighted by molar-refractivity contribution is 6.14. The highest BCUT2D eigenvalue weighted by atomic mass is 16.5. The molecule has 0 spiro atoms. The van der Waals surface area contributed by atoms with Crippen molar-refractivity contribution in [1.29, 1.82) is 0 Å². The molecule has 1 aliphatic heterocycles. The van der Waals surface area contributed by atoms with Crippen LogP contribution in [0, 0.1) is 6.92 Å². The number of aryl methyl sites for hydroxylation is 1. The highest BCUT2D eigenvalue weighted by Crippen LogP contribution is 2.29. The second-order valence-electron chi connectivity index (χ2n) is 6.90. The van der Waals surface area contributed by atoms with Gasteiger partial charge in [0.15, 0.2) is 0 Å². The minimum atomic E-state index is -0.623. The van der Waals surface area contributed by atoms with E-state index < -0.39 is 17.9 Å². The number of para-hydroxylation sites is 1. The van der Waals surface area contributed by atoms with Gasteiger partial charge < -0.3 is 19.0 Å². The average Bonchev–Trinajstić information content (AvgIpc) is 3.40. The largest absolute Gasteiger partial charge is 0.463 e. The lowest BCUT2D eigenvalue weighted by Gasteiger charge is -2.09. The van der Waals surface area contributed by atoms with Crippen LogP contribution in [0.3, 0.4) is 0 Å². The van der Waals surface area contributed by atoms with E-state index in [-0.39, 0.29) is 18.0 Å². The summed E-state index contributed by atoms with van der Waals surface area (Å²) >= 11 is 0. The first-order valence-corrected chi connectivity index (χ1v) is 9.54. The number of ether oxygens (including phenoxy) is 1. The van der Waals surface area contributed by atoms with Gasteiger partial charge in [-0.1, -0.05) is 18.2 Å². The Hall–Kier alpha value is -3.81. The third kappa shape index (κ3) is 3.16. The summed E-state index contributed by atoms with van der Waals surface area (Å²) in [6, 6.07) is 10.4. The maximum Gasteiger partial charge on any atom is 0.373 e. The molecule has 0 unspecified atom stereocenters. The second kappa shape index (κ2) is 7.55. The number of aromatic nitrogens is 1. The van der Waals surface area contributed by atoms with Gasteiger partial charge >= 0.3 is 12.0 Å². The normalized spacial score (nSPS) is 15.3. The molecule has 30 heavy (non-hydrogen) atoms. The molecule has 8 nitrogen and oxygen atoms in total. The van der Waals surface area contributed by atoms with E-state index in [1.807, 2.05) is 31.2 Å². The molecule has 154 valence electrons. The van der Waals surface area contributed by atoms with Crippen LogP contribution in [0.1, 0.15) is 34.5 Å². The Bertz CT molecular complexity index is 1200. The van der Waals surface area contributed by atoms with Crippen LogP contribution in [0.5, 0.6) is 0 Å². The van der Waals surface area contributed by atoms with Gasteiger partial charge in [0.1, 0.15) is 11.5 Å². The van der Waals surface area contributed by atoms with Gasteiger partial charge in [-0.2, -0.15) is 0 Å². The molecule has 0 aliphatic carbocycles. The first-order chi connectivity index (χ1) is 14.4. The number of hydrogen-bond donors (Lipinski definition) is 1. The molecular weight excluding hydrogens is 386 g/mol. The van der Waals surface area contributed by atoms with Crippen LogP contribution in [0.15, 0.2) is 46.5 Å². The molecule has 0 bridgehead atoms. The van der Waals surface area contributed by atoms with Crippen LogP contribution in [-0.4, -0.2) is 34.5 Å². The molecule has 0 atom stereocenters. The number of imide groups is 1. The fourth-order valence-electron chi connectivity index (χ4n) is 3.74. The van der Waals surface area contributed by atoms with Gasteiger partial charge in [-0.25, -0.2) is 9.59 Å². The molecule has 3 aromatic rings. The van der Waals surface area contributed by atoms with Gasteiger partial charge in [-0.3, -0.25) is 9.69 Å². The van der Waals surface area contributed by atoms with E-state index in [0.29, 0.717) is 5.76 Å². The maximum atomic E-state index is 12.9. The quantitative estimate of drug-likeness (QED) is 0.397. The predicted octanol–water partition coefficient (Wildman–Crippen LogP) is 3.44. The molecule has 4 rings (SSSR count). The number of furan rings is 1. The van der Waals surface area contributed by atoms with E-state index in [1.54, 1.807) is 6.08 Å². The van der Waals surface area contributed by atoms with E-state index in [4.69, 9.17) is 4.42 Å². The molecule has 0 radical (unpaired) electrons. The summed E-state index contributed by atoms with van der Waals surface area (Å²) in [4.78, 5) is 37.9. The van der Waals surface area contributed by atoms with E-state index in [1.165, 1.54) is 19.2 Å². The van der Waals surface area contributed by atoms with Crippen molar-refractivity contribution in [3.05, 3.63) is 64.9 Å². The number of nitrogens with one attached hydrogen (secondary N) is 1. The summed E-state index contributed by atoms with van der Waals surface area (Å²) in [6.45, 7) is 4.76. The summed E-state index contributed by atoms with van der Waals surface area (Å²) in [5, 5.41) is 3.65. The van der Waals surface area contributed by atoms with Gasteiger partial charge in [0.2, 0.25) is 5.76 Å². The number of methoxy groups -OCH3 is 1. The number of benzene rings is 1. The SMILES string of the molecule is CCn1c(C)c(/C=C2\NC(=O)N(Cc3ccc(C(=O)OC)o3)C2=O)c2ccccc21. The topological polar surface area (TPSA) is 93.8 Å². The Labute approximate surface area is 172 Å². The van der Waals surface area contributed by atoms with Crippen LogP contribution in [-0.2, 0) is 22.6 Å². The summed E-state index contributed by atoms with van der Waals surface area (Å²) in [6.07, 6.45) is 1.71. The van der Waals surface area contributed by atoms with Crippen molar-refractivity contribution in [2.45, 2.75) is 26.9 Å². The third-order valence-corrected chi connectivity index (χ3v) is 5.21. The summed E-state index contributed by atoms with van der Waals surface area (Å²) in [7, 11) is 1.25. The zero-order valence-electron chi connectivity index (χ0n) is 16.9. The predicted molar refractivity (Wildman–Crippen MR) is 109 cm³/mol. The Morgan fingerprint density at radius 2 is 1.97 bits per heavy atom. The van der Waals surface area contributed by atoms with E-state index >= 15 is 0 Å². The van der Waals surface area contributed by atoms with E-state index in [9.17, 15) is 14.4 Å². The molecule has 1 aliphatic rings. The molecule has 3 heterocycles. The van der Waals surface area contributed by atoms with Gasteiger partial charge in [0.25, 0.3) is 5.91 Å². The standard InChI is InChI=1S/C22H21N3O5/c1-4-24-13(2)16(15-7-5-6-8-18(15)24)11-17-20(26)25(22(28)23-17)12-14-9-10-19(30-14)21(27)29-3/h5-11H,4,12H2,1-3H3,(H,23,28)/b17-11-. The highest BCUT2D eigenvalue weighted by Gasteiger charge is 2.34. The molecule has 8 heteroatoms. The molecule has 3 amide bonds. The number of urea groups is 1. The third-order valence-electron chi connectivity index (χ3n) is 5.21. The van der Waals surface area contributed by atoms with E-state index in [0.717, 1.165) is 33.6 Å². The fraction of sp³-hybridized carbons (Fsp3) is 0.227. The Balaban J connectivity index is 1.64. The monoisotopic (exact) mass is 407 g/mol. The first-order valence-electron chi connectivity index (χ1n) is 9.54. The van der Waals surface area contributed by atoms with Crippen LogP contribution >= 0.6 is 0 Å². The summed E-state index contributed by atoms with van der Waals surface area (Å²) in [5.41, 5.74) is 3.18. The van der Waals surface area contributed by atoms with Crippen LogP contribution < -0.4 is 5.32 Å². The fourth-order valence-corrected chi connectivity index (χ4v) is 3.74. The van der Waals surface area contributed by atoms with Crippen molar-refractivity contribution in [2.24, 2.45) is 0 Å². The maximum absolute atomic E-state index is 12.9. The van der Waals surface area contributed by atoms with Gasteiger partial charge in [0.05, 0.1) is 13.7 Å². The number of hydrogen-bond acceptors (Lipinski definition) is 5. The number of carbonyl (C=O) groups is 3. The van der Waals surface area contributed by atoms with Gasteiger partial charge in [-0.05, 0) is 38.1 Å².